The SMILES string of the molecule is CC[C@]1(C2CCNCC2)NC(=O)NC1=O. The summed E-state index contributed by atoms with van der Waals surface area (Å²) in [4.78, 5) is 23.0. The number of urea groups is 1. The van der Waals surface area contributed by atoms with Crippen molar-refractivity contribution in [1.82, 2.24) is 16.0 Å². The Morgan fingerprint density at radius 1 is 1.33 bits per heavy atom. The van der Waals surface area contributed by atoms with E-state index >= 15 is 0 Å². The van der Waals surface area contributed by atoms with Gasteiger partial charge < -0.3 is 10.6 Å². The van der Waals surface area contributed by atoms with Gasteiger partial charge >= 0.3 is 6.03 Å². The standard InChI is InChI=1S/C10H17N3O2/c1-2-10(7-3-5-11-6-4-7)8(14)12-9(15)13-10/h7,11H,2-6H2,1H3,(H2,12,13,14,15)/t10-/m1/s1. The molecule has 0 spiro atoms. The van der Waals surface area contributed by atoms with Gasteiger partial charge in [-0.1, -0.05) is 6.92 Å². The molecule has 2 fully saturated rings. The van der Waals surface area contributed by atoms with Crippen LogP contribution in [0.3, 0.4) is 0 Å². The van der Waals surface area contributed by atoms with Crippen molar-refractivity contribution in [3.8, 4) is 0 Å². The smallest absolute Gasteiger partial charge is 0.322 e. The Kier molecular flexibility index (Phi) is 2.65. The van der Waals surface area contributed by atoms with Crippen LogP contribution in [0.2, 0.25) is 0 Å². The lowest BCUT2D eigenvalue weighted by atomic mass is 9.76. The Hall–Kier alpha value is -1.10. The van der Waals surface area contributed by atoms with Crippen LogP contribution in [0.5, 0.6) is 0 Å². The highest BCUT2D eigenvalue weighted by molar-refractivity contribution is 6.07. The van der Waals surface area contributed by atoms with Gasteiger partial charge in [-0.25, -0.2) is 4.79 Å². The molecule has 2 heterocycles. The maximum absolute atomic E-state index is 11.8. The lowest BCUT2D eigenvalue weighted by Crippen LogP contribution is -2.55. The zero-order valence-electron chi connectivity index (χ0n) is 8.93. The van der Waals surface area contributed by atoms with Crippen molar-refractivity contribution in [2.75, 3.05) is 13.1 Å². The maximum Gasteiger partial charge on any atom is 0.322 e. The van der Waals surface area contributed by atoms with Crippen LogP contribution in [-0.4, -0.2) is 30.6 Å². The molecule has 5 nitrogen and oxygen atoms in total. The van der Waals surface area contributed by atoms with Gasteiger partial charge in [-0.15, -0.1) is 0 Å². The molecule has 0 bridgehead atoms. The second kappa shape index (κ2) is 3.81. The Balaban J connectivity index is 2.20. The predicted octanol–water partition coefficient (Wildman–Crippen LogP) is -0.0258. The van der Waals surface area contributed by atoms with Crippen LogP contribution < -0.4 is 16.0 Å². The van der Waals surface area contributed by atoms with Crippen molar-refractivity contribution in [1.29, 1.82) is 0 Å². The molecule has 0 aromatic heterocycles. The van der Waals surface area contributed by atoms with Crippen molar-refractivity contribution >= 4 is 11.9 Å². The zero-order valence-corrected chi connectivity index (χ0v) is 8.93. The molecule has 0 unspecified atom stereocenters. The van der Waals surface area contributed by atoms with Crippen LogP contribution >= 0.6 is 0 Å². The van der Waals surface area contributed by atoms with E-state index in [1.54, 1.807) is 0 Å². The molecule has 84 valence electrons. The second-order valence-corrected chi connectivity index (χ2v) is 4.26. The largest absolute Gasteiger partial charge is 0.323 e. The van der Waals surface area contributed by atoms with Gasteiger partial charge in [-0.3, -0.25) is 10.1 Å². The predicted molar refractivity (Wildman–Crippen MR) is 55.3 cm³/mol. The van der Waals surface area contributed by atoms with Crippen molar-refractivity contribution in [3.63, 3.8) is 0 Å². The highest BCUT2D eigenvalue weighted by atomic mass is 16.2. The molecule has 0 saturated carbocycles. The molecular formula is C10H17N3O2. The number of nitrogens with one attached hydrogen (secondary N) is 3. The minimum Gasteiger partial charge on any atom is -0.323 e. The van der Waals surface area contributed by atoms with Crippen LogP contribution in [-0.2, 0) is 4.79 Å². The molecule has 5 heteroatoms. The fourth-order valence-electron chi connectivity index (χ4n) is 2.65. The van der Waals surface area contributed by atoms with E-state index in [1.807, 2.05) is 6.92 Å². The van der Waals surface area contributed by atoms with E-state index < -0.39 is 5.54 Å². The first-order chi connectivity index (χ1) is 7.19. The van der Waals surface area contributed by atoms with Gasteiger partial charge in [0.1, 0.15) is 5.54 Å². The van der Waals surface area contributed by atoms with Gasteiger partial charge in [-0.2, -0.15) is 0 Å². The summed E-state index contributed by atoms with van der Waals surface area (Å²) in [5.74, 6) is 0.108. The molecular weight excluding hydrogens is 194 g/mol. The minimum atomic E-state index is -0.654. The molecule has 0 aliphatic carbocycles. The summed E-state index contributed by atoms with van der Waals surface area (Å²) in [6.45, 7) is 3.80. The summed E-state index contributed by atoms with van der Waals surface area (Å²) in [5, 5.41) is 8.42. The maximum atomic E-state index is 11.8. The van der Waals surface area contributed by atoms with Gasteiger partial charge in [-0.05, 0) is 38.3 Å². The van der Waals surface area contributed by atoms with Gasteiger partial charge in [0.15, 0.2) is 0 Å². The molecule has 2 rings (SSSR count). The summed E-state index contributed by atoms with van der Waals surface area (Å²) in [7, 11) is 0. The first-order valence-corrected chi connectivity index (χ1v) is 5.53. The van der Waals surface area contributed by atoms with Crippen molar-refractivity contribution < 1.29 is 9.59 Å². The summed E-state index contributed by atoms with van der Waals surface area (Å²) in [6, 6.07) is -0.347. The first-order valence-electron chi connectivity index (χ1n) is 5.53. The van der Waals surface area contributed by atoms with Gasteiger partial charge in [0, 0.05) is 0 Å². The average Bonchev–Trinajstić information content (AvgIpc) is 2.56. The minimum absolute atomic E-state index is 0.151. The van der Waals surface area contributed by atoms with Gasteiger partial charge in [0.25, 0.3) is 5.91 Å². The number of carbonyl (C=O) groups excluding carboxylic acids is 2. The molecule has 15 heavy (non-hydrogen) atoms. The summed E-state index contributed by atoms with van der Waals surface area (Å²) in [5.41, 5.74) is -0.654. The molecule has 2 aliphatic rings. The molecule has 0 aromatic rings. The van der Waals surface area contributed by atoms with Crippen molar-refractivity contribution in [2.24, 2.45) is 5.92 Å². The number of hydrogen-bond acceptors (Lipinski definition) is 3. The number of carbonyl (C=O) groups is 2. The zero-order chi connectivity index (χ0) is 10.9. The van der Waals surface area contributed by atoms with Crippen LogP contribution in [0.1, 0.15) is 26.2 Å². The Labute approximate surface area is 89.0 Å². The molecule has 3 N–H and O–H groups in total. The highest BCUT2D eigenvalue weighted by Crippen LogP contribution is 2.31. The van der Waals surface area contributed by atoms with Crippen LogP contribution in [0, 0.1) is 5.92 Å². The van der Waals surface area contributed by atoms with E-state index in [2.05, 4.69) is 16.0 Å². The monoisotopic (exact) mass is 211 g/mol. The third-order valence-corrected chi connectivity index (χ3v) is 3.56. The number of imide groups is 1. The number of piperidine rings is 1. The molecule has 1 atom stereocenters. The van der Waals surface area contributed by atoms with Crippen molar-refractivity contribution in [3.05, 3.63) is 0 Å². The number of amides is 3. The average molecular weight is 211 g/mol. The van der Waals surface area contributed by atoms with E-state index in [9.17, 15) is 9.59 Å². The Morgan fingerprint density at radius 3 is 2.47 bits per heavy atom. The summed E-state index contributed by atoms with van der Waals surface area (Å²) >= 11 is 0. The van der Waals surface area contributed by atoms with E-state index in [0.717, 1.165) is 25.9 Å². The molecule has 2 aliphatic heterocycles. The Morgan fingerprint density at radius 2 is 2.00 bits per heavy atom. The summed E-state index contributed by atoms with van der Waals surface area (Å²) < 4.78 is 0. The summed E-state index contributed by atoms with van der Waals surface area (Å²) in [6.07, 6.45) is 2.55. The number of hydrogen-bond donors (Lipinski definition) is 3. The third kappa shape index (κ3) is 1.61. The molecule has 3 amide bonds. The third-order valence-electron chi connectivity index (χ3n) is 3.56. The fraction of sp³-hybridized carbons (Fsp3) is 0.800. The van der Waals surface area contributed by atoms with Crippen LogP contribution in [0.25, 0.3) is 0 Å². The van der Waals surface area contributed by atoms with E-state index in [1.165, 1.54) is 0 Å². The Bertz CT molecular complexity index is 286. The number of rotatable bonds is 2. The normalized spacial score (nSPS) is 32.6. The molecule has 2 saturated heterocycles. The molecule has 0 aromatic carbocycles. The highest BCUT2D eigenvalue weighted by Gasteiger charge is 2.50. The van der Waals surface area contributed by atoms with Crippen LogP contribution in [0.15, 0.2) is 0 Å². The van der Waals surface area contributed by atoms with E-state index in [0.29, 0.717) is 6.42 Å². The van der Waals surface area contributed by atoms with Gasteiger partial charge in [0.2, 0.25) is 0 Å². The second-order valence-electron chi connectivity index (χ2n) is 4.26. The van der Waals surface area contributed by atoms with Crippen molar-refractivity contribution in [2.45, 2.75) is 31.7 Å². The lowest BCUT2D eigenvalue weighted by molar-refractivity contribution is -0.126. The van der Waals surface area contributed by atoms with E-state index in [-0.39, 0.29) is 17.9 Å². The quantitative estimate of drug-likeness (QED) is 0.562. The fourth-order valence-corrected chi connectivity index (χ4v) is 2.65. The van der Waals surface area contributed by atoms with E-state index in [4.69, 9.17) is 0 Å². The topological polar surface area (TPSA) is 70.2 Å². The van der Waals surface area contributed by atoms with Crippen LogP contribution in [0.4, 0.5) is 4.79 Å². The first kappa shape index (κ1) is 10.4. The lowest BCUT2D eigenvalue weighted by Gasteiger charge is -2.36. The van der Waals surface area contributed by atoms with Gasteiger partial charge in [0.05, 0.1) is 0 Å². The molecule has 0 radical (unpaired) electrons.